The van der Waals surface area contributed by atoms with Crippen molar-refractivity contribution >= 4 is 27.4 Å². The molecule has 4 N–H and O–H groups in total. The minimum absolute atomic E-state index is 0.386. The molecule has 0 saturated heterocycles. The molecule has 10 heteroatoms. The van der Waals surface area contributed by atoms with E-state index in [1.54, 1.807) is 0 Å². The fourth-order valence-electron chi connectivity index (χ4n) is 1.42. The van der Waals surface area contributed by atoms with Gasteiger partial charge in [0.25, 0.3) is 0 Å². The molecule has 0 saturated carbocycles. The molecule has 0 bridgehead atoms. The van der Waals surface area contributed by atoms with Crippen LogP contribution in [0.25, 0.3) is 0 Å². The number of carboxylic acid groups (broad SMARTS) is 1. The Bertz CT molecular complexity index is 648. The Morgan fingerprint density at radius 1 is 1.29 bits per heavy atom. The van der Waals surface area contributed by atoms with Crippen molar-refractivity contribution in [1.82, 2.24) is 0 Å². The standard InChI is InChI=1S/C11H12F2N2O5S/c12-11(13)21(19,20)8-4-2-1-3-7(8)15-10(18)6(14)5-9(16)17/h1-4,6,11H,5,14H2,(H,15,18)(H,16,17). The van der Waals surface area contributed by atoms with E-state index < -0.39 is 44.8 Å². The molecule has 0 aromatic heterocycles. The summed E-state index contributed by atoms with van der Waals surface area (Å²) in [6, 6.07) is 3.09. The van der Waals surface area contributed by atoms with Crippen molar-refractivity contribution in [1.29, 1.82) is 0 Å². The summed E-state index contributed by atoms with van der Waals surface area (Å²) in [4.78, 5) is 21.3. The van der Waals surface area contributed by atoms with E-state index in [4.69, 9.17) is 10.8 Å². The SMILES string of the molecule is NC(CC(=O)O)C(=O)Nc1ccccc1S(=O)(=O)C(F)F. The molecule has 1 amide bonds. The highest BCUT2D eigenvalue weighted by Gasteiger charge is 2.30. The number of nitrogens with one attached hydrogen (secondary N) is 1. The maximum absolute atomic E-state index is 12.5. The Hall–Kier alpha value is -2.07. The summed E-state index contributed by atoms with van der Waals surface area (Å²) in [5, 5.41) is 10.5. The second-order valence-electron chi connectivity index (χ2n) is 4.00. The zero-order valence-corrected chi connectivity index (χ0v) is 11.3. The maximum Gasteiger partial charge on any atom is 0.341 e. The van der Waals surface area contributed by atoms with Gasteiger partial charge in [0, 0.05) is 0 Å². The largest absolute Gasteiger partial charge is 0.481 e. The van der Waals surface area contributed by atoms with Gasteiger partial charge in [0.1, 0.15) is 0 Å². The van der Waals surface area contributed by atoms with E-state index in [1.165, 1.54) is 12.1 Å². The van der Waals surface area contributed by atoms with Gasteiger partial charge in [-0.2, -0.15) is 8.78 Å². The number of carbonyl (C=O) groups excluding carboxylic acids is 1. The molecule has 1 unspecified atom stereocenters. The molecule has 116 valence electrons. The van der Waals surface area contributed by atoms with Gasteiger partial charge in [0.2, 0.25) is 15.7 Å². The molecule has 0 radical (unpaired) electrons. The first-order valence-corrected chi connectivity index (χ1v) is 7.10. The van der Waals surface area contributed by atoms with Crippen LogP contribution in [-0.2, 0) is 19.4 Å². The summed E-state index contributed by atoms with van der Waals surface area (Å²) in [6.45, 7) is 0. The summed E-state index contributed by atoms with van der Waals surface area (Å²) in [6.07, 6.45) is -0.685. The fourth-order valence-corrected chi connectivity index (χ4v) is 2.31. The van der Waals surface area contributed by atoms with Gasteiger partial charge in [-0.15, -0.1) is 0 Å². The average Bonchev–Trinajstić information content (AvgIpc) is 2.38. The summed E-state index contributed by atoms with van der Waals surface area (Å²) < 4.78 is 48.0. The number of halogens is 2. The number of benzene rings is 1. The monoisotopic (exact) mass is 322 g/mol. The van der Waals surface area contributed by atoms with Crippen molar-refractivity contribution in [2.75, 3.05) is 5.32 Å². The highest BCUT2D eigenvalue weighted by molar-refractivity contribution is 7.91. The Labute approximate surface area is 118 Å². The van der Waals surface area contributed by atoms with Crippen LogP contribution in [0.5, 0.6) is 0 Å². The first kappa shape index (κ1) is 17.0. The van der Waals surface area contributed by atoms with Crippen molar-refractivity contribution < 1.29 is 31.9 Å². The van der Waals surface area contributed by atoms with Crippen molar-refractivity contribution in [3.8, 4) is 0 Å². The lowest BCUT2D eigenvalue weighted by Crippen LogP contribution is -2.37. The Morgan fingerprint density at radius 3 is 2.38 bits per heavy atom. The molecule has 1 atom stereocenters. The van der Waals surface area contributed by atoms with Crippen molar-refractivity contribution in [3.63, 3.8) is 0 Å². The summed E-state index contributed by atoms with van der Waals surface area (Å²) in [5.41, 5.74) is 4.91. The van der Waals surface area contributed by atoms with Gasteiger partial charge in [-0.1, -0.05) is 12.1 Å². The molecular weight excluding hydrogens is 310 g/mol. The highest BCUT2D eigenvalue weighted by atomic mass is 32.2. The molecule has 1 aromatic rings. The van der Waals surface area contributed by atoms with Crippen LogP contribution < -0.4 is 11.1 Å². The number of amides is 1. The third-order valence-electron chi connectivity index (χ3n) is 2.42. The van der Waals surface area contributed by atoms with Gasteiger partial charge < -0.3 is 16.2 Å². The van der Waals surface area contributed by atoms with E-state index in [0.29, 0.717) is 0 Å². The second kappa shape index (κ2) is 6.59. The number of sulfone groups is 1. The minimum Gasteiger partial charge on any atom is -0.481 e. The van der Waals surface area contributed by atoms with Gasteiger partial charge in [-0.25, -0.2) is 8.42 Å². The third-order valence-corrected chi connectivity index (χ3v) is 3.86. The van der Waals surface area contributed by atoms with Crippen LogP contribution in [0.4, 0.5) is 14.5 Å². The van der Waals surface area contributed by atoms with E-state index in [0.717, 1.165) is 12.1 Å². The number of rotatable bonds is 6. The molecule has 0 aliphatic heterocycles. The smallest absolute Gasteiger partial charge is 0.341 e. The fraction of sp³-hybridized carbons (Fsp3) is 0.273. The van der Waals surface area contributed by atoms with Gasteiger partial charge >= 0.3 is 11.7 Å². The lowest BCUT2D eigenvalue weighted by molar-refractivity contribution is -0.138. The number of hydrogen-bond donors (Lipinski definition) is 3. The van der Waals surface area contributed by atoms with Crippen LogP contribution >= 0.6 is 0 Å². The van der Waals surface area contributed by atoms with Crippen LogP contribution in [-0.4, -0.2) is 37.2 Å². The van der Waals surface area contributed by atoms with Crippen LogP contribution in [0.15, 0.2) is 29.2 Å². The molecule has 0 fully saturated rings. The molecule has 7 nitrogen and oxygen atoms in total. The van der Waals surface area contributed by atoms with Crippen LogP contribution in [0.2, 0.25) is 0 Å². The summed E-state index contributed by atoms with van der Waals surface area (Å²) in [5.74, 6) is -5.97. The zero-order chi connectivity index (χ0) is 16.2. The molecule has 0 heterocycles. The van der Waals surface area contributed by atoms with Gasteiger partial charge in [0.05, 0.1) is 23.0 Å². The minimum atomic E-state index is -4.91. The van der Waals surface area contributed by atoms with Crippen molar-refractivity contribution in [3.05, 3.63) is 24.3 Å². The Morgan fingerprint density at radius 2 is 1.86 bits per heavy atom. The Kier molecular flexibility index (Phi) is 5.33. The summed E-state index contributed by atoms with van der Waals surface area (Å²) in [7, 11) is -4.91. The van der Waals surface area contributed by atoms with Crippen LogP contribution in [0.3, 0.4) is 0 Å². The van der Waals surface area contributed by atoms with Gasteiger partial charge in [0.15, 0.2) is 0 Å². The van der Waals surface area contributed by atoms with E-state index in [1.807, 2.05) is 5.32 Å². The van der Waals surface area contributed by atoms with Crippen molar-refractivity contribution in [2.45, 2.75) is 23.1 Å². The number of nitrogens with two attached hydrogens (primary N) is 1. The average molecular weight is 322 g/mol. The lowest BCUT2D eigenvalue weighted by Gasteiger charge is -2.13. The normalized spacial score (nSPS) is 13.0. The van der Waals surface area contributed by atoms with E-state index in [2.05, 4.69) is 0 Å². The quantitative estimate of drug-likeness (QED) is 0.697. The first-order chi connectivity index (χ1) is 9.66. The topological polar surface area (TPSA) is 127 Å². The van der Waals surface area contributed by atoms with E-state index >= 15 is 0 Å². The number of para-hydroxylation sites is 1. The number of aliphatic carboxylic acids is 1. The molecular formula is C11H12F2N2O5S. The first-order valence-electron chi connectivity index (χ1n) is 5.55. The molecule has 0 aliphatic carbocycles. The number of carbonyl (C=O) groups is 2. The van der Waals surface area contributed by atoms with Gasteiger partial charge in [-0.3, -0.25) is 9.59 Å². The van der Waals surface area contributed by atoms with E-state index in [-0.39, 0.29) is 5.69 Å². The van der Waals surface area contributed by atoms with Crippen LogP contribution in [0, 0.1) is 0 Å². The predicted molar refractivity (Wildman–Crippen MR) is 68.5 cm³/mol. The molecule has 1 aromatic carbocycles. The molecule has 21 heavy (non-hydrogen) atoms. The van der Waals surface area contributed by atoms with Crippen LogP contribution in [0.1, 0.15) is 6.42 Å². The number of alkyl halides is 2. The lowest BCUT2D eigenvalue weighted by atomic mass is 10.2. The van der Waals surface area contributed by atoms with Gasteiger partial charge in [-0.05, 0) is 12.1 Å². The zero-order valence-electron chi connectivity index (χ0n) is 10.5. The second-order valence-corrected chi connectivity index (χ2v) is 5.88. The number of anilines is 1. The molecule has 1 rings (SSSR count). The number of carboxylic acids is 1. The summed E-state index contributed by atoms with van der Waals surface area (Å²) >= 11 is 0. The predicted octanol–water partition coefficient (Wildman–Crippen LogP) is 0.423. The Balaban J connectivity index is 3.06. The van der Waals surface area contributed by atoms with E-state index in [9.17, 15) is 26.8 Å². The number of hydrogen-bond acceptors (Lipinski definition) is 5. The molecule has 0 aliphatic rings. The maximum atomic E-state index is 12.5. The molecule has 0 spiro atoms. The van der Waals surface area contributed by atoms with Crippen molar-refractivity contribution in [2.24, 2.45) is 5.73 Å². The third kappa shape index (κ3) is 4.20. The highest BCUT2D eigenvalue weighted by Crippen LogP contribution is 2.26.